The maximum atomic E-state index is 14.6. The Morgan fingerprint density at radius 3 is 2.36 bits per heavy atom. The molecule has 0 aliphatic carbocycles. The van der Waals surface area contributed by atoms with Crippen molar-refractivity contribution < 1.29 is 9.13 Å². The molecule has 0 bridgehead atoms. The van der Waals surface area contributed by atoms with Gasteiger partial charge in [-0.15, -0.1) is 0 Å². The molecule has 146 valence electrons. The Labute approximate surface area is 167 Å². The first-order valence-electron chi connectivity index (χ1n) is 10.1. The highest BCUT2D eigenvalue weighted by Crippen LogP contribution is 2.39. The van der Waals surface area contributed by atoms with E-state index in [9.17, 15) is 4.39 Å². The lowest BCUT2D eigenvalue weighted by Gasteiger charge is -2.16. The van der Waals surface area contributed by atoms with Crippen LogP contribution in [0, 0.1) is 11.7 Å². The molecule has 2 nitrogen and oxygen atoms in total. The van der Waals surface area contributed by atoms with Crippen molar-refractivity contribution in [2.24, 2.45) is 5.92 Å². The number of unbranched alkanes of at least 4 members (excludes halogenated alkanes) is 2. The maximum absolute atomic E-state index is 14.6. The predicted molar refractivity (Wildman–Crippen MR) is 114 cm³/mol. The third-order valence-corrected chi connectivity index (χ3v) is 4.81. The van der Waals surface area contributed by atoms with Crippen molar-refractivity contribution in [1.82, 2.24) is 4.98 Å². The Hall–Kier alpha value is -2.68. The van der Waals surface area contributed by atoms with Crippen LogP contribution in [-0.4, -0.2) is 11.6 Å². The van der Waals surface area contributed by atoms with E-state index < -0.39 is 0 Å². The molecular formula is C25H28FNO. The molecule has 0 radical (unpaired) electrons. The van der Waals surface area contributed by atoms with E-state index in [-0.39, 0.29) is 5.82 Å². The third kappa shape index (κ3) is 5.19. The van der Waals surface area contributed by atoms with Crippen LogP contribution in [0.2, 0.25) is 0 Å². The molecule has 1 aromatic heterocycles. The van der Waals surface area contributed by atoms with Crippen LogP contribution in [0.25, 0.3) is 22.3 Å². The van der Waals surface area contributed by atoms with E-state index >= 15 is 0 Å². The first-order chi connectivity index (χ1) is 13.7. The summed E-state index contributed by atoms with van der Waals surface area (Å²) in [4.78, 5) is 4.44. The molecule has 3 rings (SSSR count). The largest absolute Gasteiger partial charge is 0.477 e. The summed E-state index contributed by atoms with van der Waals surface area (Å²) in [5, 5.41) is 0. The highest BCUT2D eigenvalue weighted by Gasteiger charge is 2.17. The minimum Gasteiger partial charge on any atom is -0.477 e. The van der Waals surface area contributed by atoms with Gasteiger partial charge in [0.2, 0.25) is 5.88 Å². The number of pyridine rings is 1. The summed E-state index contributed by atoms with van der Waals surface area (Å²) in [6.07, 6.45) is 6.29. The van der Waals surface area contributed by atoms with Gasteiger partial charge < -0.3 is 4.74 Å². The van der Waals surface area contributed by atoms with Gasteiger partial charge in [0.25, 0.3) is 0 Å². The molecule has 0 N–H and O–H groups in total. The highest BCUT2D eigenvalue weighted by molar-refractivity contribution is 5.86. The second kappa shape index (κ2) is 10.0. The molecular weight excluding hydrogens is 349 g/mol. The van der Waals surface area contributed by atoms with E-state index in [1.807, 2.05) is 42.5 Å². The first kappa shape index (κ1) is 20.1. The van der Waals surface area contributed by atoms with Crippen LogP contribution >= 0.6 is 0 Å². The molecule has 0 aliphatic rings. The van der Waals surface area contributed by atoms with Gasteiger partial charge in [-0.1, -0.05) is 81.6 Å². The number of aromatic nitrogens is 1. The summed E-state index contributed by atoms with van der Waals surface area (Å²) >= 11 is 0. The van der Waals surface area contributed by atoms with Gasteiger partial charge in [-0.2, -0.15) is 0 Å². The second-order valence-electron chi connectivity index (χ2n) is 7.48. The zero-order valence-electron chi connectivity index (χ0n) is 16.7. The maximum Gasteiger partial charge on any atom is 0.222 e. The lowest BCUT2D eigenvalue weighted by Crippen LogP contribution is -2.03. The fourth-order valence-electron chi connectivity index (χ4n) is 3.33. The van der Waals surface area contributed by atoms with Crippen molar-refractivity contribution >= 4 is 0 Å². The Balaban J connectivity index is 1.87. The molecule has 3 aromatic rings. The van der Waals surface area contributed by atoms with Crippen LogP contribution in [0.15, 0.2) is 66.9 Å². The minimum atomic E-state index is -0.269. The zero-order valence-corrected chi connectivity index (χ0v) is 16.7. The third-order valence-electron chi connectivity index (χ3n) is 4.81. The van der Waals surface area contributed by atoms with E-state index in [1.165, 1.54) is 18.9 Å². The van der Waals surface area contributed by atoms with E-state index in [4.69, 9.17) is 4.74 Å². The molecule has 0 saturated carbocycles. The van der Waals surface area contributed by atoms with Crippen LogP contribution in [0.1, 0.15) is 39.5 Å². The molecule has 1 heterocycles. The topological polar surface area (TPSA) is 22.1 Å². The summed E-state index contributed by atoms with van der Waals surface area (Å²) in [5.74, 6) is 0.961. The van der Waals surface area contributed by atoms with Crippen LogP contribution in [0.5, 0.6) is 5.88 Å². The molecule has 28 heavy (non-hydrogen) atoms. The quantitative estimate of drug-likeness (QED) is 0.369. The zero-order chi connectivity index (χ0) is 19.8. The van der Waals surface area contributed by atoms with Crippen LogP contribution in [0.3, 0.4) is 0 Å². The number of hydrogen-bond donors (Lipinski definition) is 0. The Kier molecular flexibility index (Phi) is 7.18. The van der Waals surface area contributed by atoms with Gasteiger partial charge in [-0.3, -0.25) is 0 Å². The van der Waals surface area contributed by atoms with Crippen molar-refractivity contribution in [3.05, 3.63) is 72.7 Å². The van der Waals surface area contributed by atoms with Crippen LogP contribution in [-0.2, 0) is 0 Å². The lowest BCUT2D eigenvalue weighted by atomic mass is 9.95. The summed E-state index contributed by atoms with van der Waals surface area (Å²) in [6.45, 7) is 5.08. The van der Waals surface area contributed by atoms with Crippen molar-refractivity contribution in [3.63, 3.8) is 0 Å². The summed E-state index contributed by atoms with van der Waals surface area (Å²) in [5.41, 5.74) is 3.18. The van der Waals surface area contributed by atoms with Gasteiger partial charge in [0.05, 0.1) is 12.2 Å². The van der Waals surface area contributed by atoms with Gasteiger partial charge in [-0.05, 0) is 35.6 Å². The van der Waals surface area contributed by atoms with Crippen molar-refractivity contribution in [1.29, 1.82) is 0 Å². The molecule has 0 fully saturated rings. The van der Waals surface area contributed by atoms with E-state index in [0.717, 1.165) is 29.9 Å². The number of halogens is 1. The molecule has 0 unspecified atom stereocenters. The average molecular weight is 378 g/mol. The molecule has 0 amide bonds. The number of benzene rings is 2. The molecule has 0 aliphatic heterocycles. The molecule has 0 atom stereocenters. The van der Waals surface area contributed by atoms with E-state index in [1.54, 1.807) is 18.3 Å². The van der Waals surface area contributed by atoms with Gasteiger partial charge in [-0.25, -0.2) is 9.37 Å². The monoisotopic (exact) mass is 377 g/mol. The Morgan fingerprint density at radius 1 is 0.857 bits per heavy atom. The fourth-order valence-corrected chi connectivity index (χ4v) is 3.33. The van der Waals surface area contributed by atoms with Crippen molar-refractivity contribution in [2.75, 3.05) is 6.61 Å². The SMILES string of the molecule is CC(C)CCCCCOc1nccc(-c2ccccc2)c1-c1ccccc1F. The predicted octanol–water partition coefficient (Wildman–Crippen LogP) is 7.15. The van der Waals surface area contributed by atoms with E-state index in [2.05, 4.69) is 18.8 Å². The summed E-state index contributed by atoms with van der Waals surface area (Å²) in [7, 11) is 0. The average Bonchev–Trinajstić information content (AvgIpc) is 2.71. The molecule has 2 aromatic carbocycles. The number of rotatable bonds is 9. The van der Waals surface area contributed by atoms with Crippen LogP contribution < -0.4 is 4.74 Å². The number of hydrogen-bond acceptors (Lipinski definition) is 2. The summed E-state index contributed by atoms with van der Waals surface area (Å²) in [6, 6.07) is 18.7. The van der Waals surface area contributed by atoms with E-state index in [0.29, 0.717) is 23.6 Å². The fraction of sp³-hybridized carbons (Fsp3) is 0.320. The number of nitrogens with zero attached hydrogens (tertiary/aromatic N) is 1. The summed E-state index contributed by atoms with van der Waals surface area (Å²) < 4.78 is 20.7. The molecule has 3 heteroatoms. The Morgan fingerprint density at radius 2 is 1.61 bits per heavy atom. The van der Waals surface area contributed by atoms with Gasteiger partial charge in [0.1, 0.15) is 5.82 Å². The van der Waals surface area contributed by atoms with Crippen molar-refractivity contribution in [2.45, 2.75) is 39.5 Å². The Bertz CT molecular complexity index is 877. The first-order valence-corrected chi connectivity index (χ1v) is 10.1. The smallest absolute Gasteiger partial charge is 0.222 e. The normalized spacial score (nSPS) is 11.0. The van der Waals surface area contributed by atoms with Gasteiger partial charge in [0, 0.05) is 11.8 Å². The standard InChI is InChI=1S/C25H28FNO/c1-19(2)11-5-4-10-18-28-25-24(22-14-8-9-15-23(22)26)21(16-17-27-25)20-12-6-3-7-13-20/h3,6-9,12-17,19H,4-5,10-11,18H2,1-2H3. The lowest BCUT2D eigenvalue weighted by molar-refractivity contribution is 0.293. The van der Waals surface area contributed by atoms with Gasteiger partial charge in [0.15, 0.2) is 0 Å². The molecule has 0 spiro atoms. The highest BCUT2D eigenvalue weighted by atomic mass is 19.1. The second-order valence-corrected chi connectivity index (χ2v) is 7.48. The molecule has 0 saturated heterocycles. The van der Waals surface area contributed by atoms with Gasteiger partial charge >= 0.3 is 0 Å². The van der Waals surface area contributed by atoms with Crippen LogP contribution in [0.4, 0.5) is 4.39 Å². The minimum absolute atomic E-state index is 0.269. The van der Waals surface area contributed by atoms with Crippen molar-refractivity contribution in [3.8, 4) is 28.1 Å². The number of ether oxygens (including phenoxy) is 1.